The summed E-state index contributed by atoms with van der Waals surface area (Å²) in [4.78, 5) is 0. The third-order valence-corrected chi connectivity index (χ3v) is 3.84. The lowest BCUT2D eigenvalue weighted by molar-refractivity contribution is 0.109. The zero-order valence-corrected chi connectivity index (χ0v) is 12.1. The van der Waals surface area contributed by atoms with Crippen LogP contribution in [0.15, 0.2) is 12.7 Å². The fraction of sp³-hybridized carbons (Fsp3) is 0.833. The first-order valence-electron chi connectivity index (χ1n) is 5.78. The van der Waals surface area contributed by atoms with Crippen molar-refractivity contribution in [2.45, 2.75) is 64.4 Å². The van der Waals surface area contributed by atoms with Gasteiger partial charge in [-0.2, -0.15) is 0 Å². The molecular weight excluding hydrogens is 188 g/mol. The Balaban J connectivity index is 3.17. The van der Waals surface area contributed by atoms with Gasteiger partial charge in [-0.05, 0) is 33.1 Å². The minimum atomic E-state index is 0.132. The quantitative estimate of drug-likeness (QED) is 0.326. The molecule has 0 aromatic carbocycles. The Morgan fingerprint density at radius 1 is 1.14 bits per heavy atom. The van der Waals surface area contributed by atoms with Crippen molar-refractivity contribution < 1.29 is 4.43 Å². The van der Waals surface area contributed by atoms with Crippen molar-refractivity contribution in [3.8, 4) is 0 Å². The number of unbranched alkanes of at least 4 members (excludes halogenated alkanes) is 5. The highest BCUT2D eigenvalue weighted by Gasteiger charge is 2.13. The molecule has 0 fully saturated rings. The second-order valence-electron chi connectivity index (χ2n) is 4.56. The topological polar surface area (TPSA) is 9.23 Å². The summed E-state index contributed by atoms with van der Waals surface area (Å²) in [5, 5.41) is 0. The second-order valence-corrected chi connectivity index (χ2v) is 4.97. The van der Waals surface area contributed by atoms with Crippen LogP contribution in [0, 0.1) is 0 Å². The lowest BCUT2D eigenvalue weighted by Crippen LogP contribution is -2.22. The molecule has 0 aliphatic carbocycles. The molecule has 0 heterocycles. The van der Waals surface area contributed by atoms with Crippen LogP contribution in [0.5, 0.6) is 0 Å². The van der Waals surface area contributed by atoms with E-state index in [-0.39, 0.29) is 5.60 Å². The van der Waals surface area contributed by atoms with Crippen molar-refractivity contribution in [3.63, 3.8) is 0 Å². The van der Waals surface area contributed by atoms with Gasteiger partial charge in [0.2, 0.25) is 0 Å². The Kier molecular flexibility index (Phi) is 8.19. The monoisotopic (exact) mass is 214 g/mol. The van der Waals surface area contributed by atoms with E-state index in [1.165, 1.54) is 44.9 Å². The van der Waals surface area contributed by atoms with Crippen molar-refractivity contribution >= 4 is 10.5 Å². The van der Waals surface area contributed by atoms with Gasteiger partial charge in [-0.3, -0.25) is 0 Å². The van der Waals surface area contributed by atoms with Crippen LogP contribution >= 0.6 is 0 Å². The van der Waals surface area contributed by atoms with E-state index in [9.17, 15) is 0 Å². The summed E-state index contributed by atoms with van der Waals surface area (Å²) in [5.41, 5.74) is 0.132. The van der Waals surface area contributed by atoms with E-state index in [0.29, 0.717) is 0 Å². The zero-order valence-electron chi connectivity index (χ0n) is 10.1. The summed E-state index contributed by atoms with van der Waals surface area (Å²) < 4.78 is 5.51. The first-order valence-corrected chi connectivity index (χ1v) is 6.60. The van der Waals surface area contributed by atoms with Crippen LogP contribution < -0.4 is 0 Å². The number of allylic oxidation sites excluding steroid dienone is 1. The maximum absolute atomic E-state index is 5.51. The Morgan fingerprint density at radius 3 is 2.29 bits per heavy atom. The van der Waals surface area contributed by atoms with Gasteiger partial charge >= 0.3 is 0 Å². The van der Waals surface area contributed by atoms with Crippen LogP contribution in [0.4, 0.5) is 0 Å². The van der Waals surface area contributed by atoms with Crippen LogP contribution in [0.2, 0.25) is 0 Å². The Bertz CT molecular complexity index is 143. The predicted octanol–water partition coefficient (Wildman–Crippen LogP) is 2.98. The van der Waals surface area contributed by atoms with Gasteiger partial charge in [0.1, 0.15) is 10.5 Å². The molecule has 1 nitrogen and oxygen atoms in total. The van der Waals surface area contributed by atoms with E-state index in [1.807, 2.05) is 6.08 Å². The van der Waals surface area contributed by atoms with Gasteiger partial charge in [0.15, 0.2) is 0 Å². The van der Waals surface area contributed by atoms with Crippen LogP contribution in [-0.4, -0.2) is 16.1 Å². The van der Waals surface area contributed by atoms with Gasteiger partial charge in [-0.1, -0.05) is 31.8 Å². The molecule has 0 bridgehead atoms. The molecule has 0 radical (unpaired) electrons. The fourth-order valence-corrected chi connectivity index (χ4v) is 1.68. The average molecular weight is 214 g/mol. The van der Waals surface area contributed by atoms with Crippen molar-refractivity contribution in [1.82, 2.24) is 0 Å². The van der Waals surface area contributed by atoms with Crippen molar-refractivity contribution in [3.05, 3.63) is 12.7 Å². The third-order valence-electron chi connectivity index (χ3n) is 2.74. The highest BCUT2D eigenvalue weighted by atomic mass is 28.2. The van der Waals surface area contributed by atoms with Crippen LogP contribution in [-0.2, 0) is 4.43 Å². The Labute approximate surface area is 92.5 Å². The van der Waals surface area contributed by atoms with Crippen molar-refractivity contribution in [1.29, 1.82) is 0 Å². The molecule has 0 N–H and O–H groups in total. The van der Waals surface area contributed by atoms with E-state index in [2.05, 4.69) is 20.4 Å². The lowest BCUT2D eigenvalue weighted by atomic mass is 10.00. The first kappa shape index (κ1) is 13.9. The van der Waals surface area contributed by atoms with E-state index in [1.54, 1.807) is 0 Å². The van der Waals surface area contributed by atoms with Gasteiger partial charge in [-0.25, -0.2) is 0 Å². The molecule has 0 aromatic rings. The molecule has 0 spiro atoms. The summed E-state index contributed by atoms with van der Waals surface area (Å²) in [6.07, 6.45) is 11.1. The number of hydrogen-bond donors (Lipinski definition) is 0. The van der Waals surface area contributed by atoms with Crippen LogP contribution in [0.25, 0.3) is 0 Å². The molecule has 0 saturated carbocycles. The second kappa shape index (κ2) is 8.24. The van der Waals surface area contributed by atoms with Gasteiger partial charge in [-0.15, -0.1) is 6.58 Å². The number of rotatable bonds is 9. The molecule has 0 unspecified atom stereocenters. The highest BCUT2D eigenvalue weighted by molar-refractivity contribution is 5.98. The van der Waals surface area contributed by atoms with E-state index in [4.69, 9.17) is 4.43 Å². The molecule has 0 saturated heterocycles. The van der Waals surface area contributed by atoms with Crippen LogP contribution in [0.1, 0.15) is 58.8 Å². The molecule has 0 amide bonds. The highest BCUT2D eigenvalue weighted by Crippen LogP contribution is 2.17. The molecule has 0 aliphatic heterocycles. The fourth-order valence-electron chi connectivity index (χ4n) is 1.47. The van der Waals surface area contributed by atoms with Gasteiger partial charge in [0.05, 0.1) is 0 Å². The van der Waals surface area contributed by atoms with Gasteiger partial charge in [0.25, 0.3) is 0 Å². The summed E-state index contributed by atoms with van der Waals surface area (Å²) in [6.45, 7) is 8.11. The SMILES string of the molecule is C=CCCCCCCCC(C)(C)O[SiH3]. The normalized spacial score (nSPS) is 11.9. The molecule has 0 atom stereocenters. The minimum absolute atomic E-state index is 0.132. The molecule has 14 heavy (non-hydrogen) atoms. The number of hydrogen-bond acceptors (Lipinski definition) is 1. The Hall–Kier alpha value is -0.0831. The molecule has 0 rings (SSSR count). The third kappa shape index (κ3) is 8.51. The van der Waals surface area contributed by atoms with Crippen LogP contribution in [0.3, 0.4) is 0 Å². The zero-order chi connectivity index (χ0) is 10.9. The Morgan fingerprint density at radius 2 is 1.71 bits per heavy atom. The largest absolute Gasteiger partial charge is 0.423 e. The maximum Gasteiger partial charge on any atom is 0.146 e. The summed E-state index contributed by atoms with van der Waals surface area (Å²) >= 11 is 0. The van der Waals surface area contributed by atoms with Gasteiger partial charge < -0.3 is 4.43 Å². The molecular formula is C12H26OSi. The summed E-state index contributed by atoms with van der Waals surface area (Å²) in [5.74, 6) is 0. The maximum atomic E-state index is 5.51. The standard InChI is InChI=1S/C12H26OSi/c1-4-5-6-7-8-9-10-11-12(2,3)13-14/h4H,1,5-11H2,2-3,14H3. The molecule has 0 aromatic heterocycles. The lowest BCUT2D eigenvalue weighted by Gasteiger charge is -2.23. The minimum Gasteiger partial charge on any atom is -0.423 e. The first-order chi connectivity index (χ1) is 6.62. The van der Waals surface area contributed by atoms with E-state index < -0.39 is 0 Å². The molecule has 84 valence electrons. The van der Waals surface area contributed by atoms with Crippen molar-refractivity contribution in [2.75, 3.05) is 0 Å². The summed E-state index contributed by atoms with van der Waals surface area (Å²) in [6, 6.07) is 0. The molecule has 2 heteroatoms. The summed E-state index contributed by atoms with van der Waals surface area (Å²) in [7, 11) is 0.857. The predicted molar refractivity (Wildman–Crippen MR) is 67.6 cm³/mol. The molecule has 0 aliphatic rings. The smallest absolute Gasteiger partial charge is 0.146 e. The van der Waals surface area contributed by atoms with E-state index in [0.717, 1.165) is 10.5 Å². The van der Waals surface area contributed by atoms with Gasteiger partial charge in [0, 0.05) is 5.60 Å². The van der Waals surface area contributed by atoms with E-state index >= 15 is 0 Å². The van der Waals surface area contributed by atoms with Crippen molar-refractivity contribution in [2.24, 2.45) is 0 Å². The average Bonchev–Trinajstić information content (AvgIpc) is 2.16.